The average molecular weight is 487 g/mol. The summed E-state index contributed by atoms with van der Waals surface area (Å²) in [6.07, 6.45) is 0. The molecular weight excluding hydrogens is 459 g/mol. The summed E-state index contributed by atoms with van der Waals surface area (Å²) < 4.78 is 52.0. The fraction of sp³-hybridized carbons (Fsp3) is 0.240. The Morgan fingerprint density at radius 1 is 0.971 bits per heavy atom. The Bertz CT molecular complexity index is 1250. The number of hydrogen-bond acceptors (Lipinski definition) is 5. The van der Waals surface area contributed by atoms with E-state index in [9.17, 15) is 17.6 Å². The second kappa shape index (κ2) is 10.6. The molecule has 180 valence electrons. The Morgan fingerprint density at radius 3 is 2.18 bits per heavy atom. The molecule has 0 heterocycles. The van der Waals surface area contributed by atoms with Gasteiger partial charge < -0.3 is 14.8 Å². The molecule has 0 unspecified atom stereocenters. The summed E-state index contributed by atoms with van der Waals surface area (Å²) in [4.78, 5) is 12.9. The molecule has 34 heavy (non-hydrogen) atoms. The van der Waals surface area contributed by atoms with Crippen LogP contribution in [0.5, 0.6) is 11.5 Å². The van der Waals surface area contributed by atoms with Crippen molar-refractivity contribution in [2.45, 2.75) is 24.8 Å². The van der Waals surface area contributed by atoms with Crippen LogP contribution in [0.4, 0.5) is 10.1 Å². The van der Waals surface area contributed by atoms with E-state index in [1.165, 1.54) is 44.6 Å². The van der Waals surface area contributed by atoms with Crippen LogP contribution in [-0.4, -0.2) is 35.1 Å². The van der Waals surface area contributed by atoms with E-state index in [-0.39, 0.29) is 16.5 Å². The zero-order valence-electron chi connectivity index (χ0n) is 19.4. The summed E-state index contributed by atoms with van der Waals surface area (Å²) >= 11 is 0. The highest BCUT2D eigenvalue weighted by molar-refractivity contribution is 7.92. The molecule has 0 radical (unpaired) electrons. The van der Waals surface area contributed by atoms with Crippen molar-refractivity contribution in [3.05, 3.63) is 83.7 Å². The Balaban J connectivity index is 1.93. The summed E-state index contributed by atoms with van der Waals surface area (Å²) in [6, 6.07) is 16.4. The third kappa shape index (κ3) is 5.66. The van der Waals surface area contributed by atoms with Crippen molar-refractivity contribution in [3.8, 4) is 11.5 Å². The van der Waals surface area contributed by atoms with Crippen molar-refractivity contribution in [1.29, 1.82) is 0 Å². The minimum Gasteiger partial charge on any atom is -0.493 e. The molecule has 0 aromatic heterocycles. The summed E-state index contributed by atoms with van der Waals surface area (Å²) in [5.74, 6) is -0.258. The molecule has 0 spiro atoms. The van der Waals surface area contributed by atoms with Crippen LogP contribution >= 0.6 is 0 Å². The van der Waals surface area contributed by atoms with Crippen molar-refractivity contribution in [2.75, 3.05) is 25.1 Å². The first-order valence-electron chi connectivity index (χ1n) is 10.5. The number of halogens is 1. The van der Waals surface area contributed by atoms with Crippen LogP contribution in [0.2, 0.25) is 0 Å². The Hall–Kier alpha value is -3.59. The monoisotopic (exact) mass is 486 g/mol. The molecule has 3 aromatic carbocycles. The maximum atomic E-state index is 13.6. The molecule has 3 rings (SSSR count). The van der Waals surface area contributed by atoms with E-state index in [1.807, 2.05) is 6.92 Å². The lowest BCUT2D eigenvalue weighted by atomic mass is 10.1. The van der Waals surface area contributed by atoms with Gasteiger partial charge in [-0.05, 0) is 55.8 Å². The molecule has 1 amide bonds. The minimum atomic E-state index is -4.14. The van der Waals surface area contributed by atoms with Gasteiger partial charge in [0.1, 0.15) is 12.4 Å². The quantitative estimate of drug-likeness (QED) is 0.490. The van der Waals surface area contributed by atoms with Crippen LogP contribution in [-0.2, 0) is 14.8 Å². The first-order chi connectivity index (χ1) is 16.1. The van der Waals surface area contributed by atoms with Gasteiger partial charge in [-0.1, -0.05) is 29.8 Å². The minimum absolute atomic E-state index is 0.0508. The lowest BCUT2D eigenvalue weighted by molar-refractivity contribution is -0.120. The zero-order chi connectivity index (χ0) is 24.9. The highest BCUT2D eigenvalue weighted by Gasteiger charge is 2.29. The van der Waals surface area contributed by atoms with Gasteiger partial charge in [-0.25, -0.2) is 12.8 Å². The largest absolute Gasteiger partial charge is 0.493 e. The number of anilines is 1. The smallest absolute Gasteiger partial charge is 0.264 e. The van der Waals surface area contributed by atoms with Gasteiger partial charge in [0.05, 0.1) is 30.8 Å². The van der Waals surface area contributed by atoms with E-state index >= 15 is 0 Å². The van der Waals surface area contributed by atoms with Crippen LogP contribution < -0.4 is 19.1 Å². The molecule has 3 aromatic rings. The number of nitrogens with zero attached hydrogens (tertiary/aromatic N) is 1. The van der Waals surface area contributed by atoms with Crippen molar-refractivity contribution >= 4 is 21.6 Å². The predicted octanol–water partition coefficient (Wildman–Crippen LogP) is 4.22. The van der Waals surface area contributed by atoms with Gasteiger partial charge >= 0.3 is 0 Å². The Kier molecular flexibility index (Phi) is 7.78. The van der Waals surface area contributed by atoms with Crippen molar-refractivity contribution in [2.24, 2.45) is 0 Å². The van der Waals surface area contributed by atoms with Crippen LogP contribution in [0.1, 0.15) is 24.1 Å². The van der Waals surface area contributed by atoms with Gasteiger partial charge in [-0.2, -0.15) is 0 Å². The molecule has 0 aliphatic heterocycles. The molecule has 1 atom stereocenters. The molecule has 0 saturated carbocycles. The highest BCUT2D eigenvalue weighted by Crippen LogP contribution is 2.32. The third-order valence-electron chi connectivity index (χ3n) is 5.30. The number of nitrogens with one attached hydrogen (secondary N) is 1. The van der Waals surface area contributed by atoms with Crippen LogP contribution in [0.3, 0.4) is 0 Å². The molecule has 9 heteroatoms. The number of carbonyl (C=O) groups is 1. The molecule has 0 bridgehead atoms. The molecular formula is C25H27FN2O5S. The van der Waals surface area contributed by atoms with Gasteiger partial charge in [0, 0.05) is 6.07 Å². The van der Waals surface area contributed by atoms with E-state index in [2.05, 4.69) is 5.32 Å². The number of amides is 1. The zero-order valence-corrected chi connectivity index (χ0v) is 20.2. The summed E-state index contributed by atoms with van der Waals surface area (Å²) in [5, 5.41) is 2.78. The van der Waals surface area contributed by atoms with E-state index in [4.69, 9.17) is 9.47 Å². The summed E-state index contributed by atoms with van der Waals surface area (Å²) in [7, 11) is -1.27. The van der Waals surface area contributed by atoms with Gasteiger partial charge in [-0.15, -0.1) is 0 Å². The van der Waals surface area contributed by atoms with Gasteiger partial charge in [0.25, 0.3) is 10.0 Å². The Labute approximate surface area is 199 Å². The van der Waals surface area contributed by atoms with Gasteiger partial charge in [0.2, 0.25) is 5.91 Å². The molecule has 7 nitrogen and oxygen atoms in total. The van der Waals surface area contributed by atoms with E-state index in [0.29, 0.717) is 17.0 Å². The second-order valence-electron chi connectivity index (χ2n) is 7.70. The summed E-state index contributed by atoms with van der Waals surface area (Å²) in [5.41, 5.74) is 1.98. The normalized spacial score (nSPS) is 12.0. The molecule has 0 aliphatic carbocycles. The average Bonchev–Trinajstić information content (AvgIpc) is 2.83. The fourth-order valence-electron chi connectivity index (χ4n) is 3.38. The van der Waals surface area contributed by atoms with Gasteiger partial charge in [-0.3, -0.25) is 9.10 Å². The molecule has 0 fully saturated rings. The topological polar surface area (TPSA) is 84.9 Å². The van der Waals surface area contributed by atoms with E-state index in [1.54, 1.807) is 43.3 Å². The molecule has 1 N–H and O–H groups in total. The van der Waals surface area contributed by atoms with Crippen LogP contribution in [0.25, 0.3) is 0 Å². The number of ether oxygens (including phenoxy) is 2. The standard InChI is InChI=1S/C25H27FN2O5S/c1-17-5-11-21(12-6-17)28(16-25(29)27-18(2)19-7-9-20(26)10-8-19)34(30,31)22-13-14-23(32-3)24(15-22)33-4/h5-15,18H,16H2,1-4H3,(H,27,29)/t18-/m0/s1. The number of rotatable bonds is 9. The maximum absolute atomic E-state index is 13.6. The molecule has 0 aliphatic rings. The Morgan fingerprint density at radius 2 is 1.59 bits per heavy atom. The predicted molar refractivity (Wildman–Crippen MR) is 128 cm³/mol. The van der Waals surface area contributed by atoms with Crippen LogP contribution in [0.15, 0.2) is 71.6 Å². The number of hydrogen-bond donors (Lipinski definition) is 1. The number of aryl methyl sites for hydroxylation is 1. The number of benzene rings is 3. The number of carbonyl (C=O) groups excluding carboxylic acids is 1. The van der Waals surface area contributed by atoms with Crippen LogP contribution in [0, 0.1) is 12.7 Å². The SMILES string of the molecule is COc1ccc(S(=O)(=O)N(CC(=O)N[C@@H](C)c2ccc(F)cc2)c2ccc(C)cc2)cc1OC. The maximum Gasteiger partial charge on any atom is 0.264 e. The lowest BCUT2D eigenvalue weighted by Gasteiger charge is -2.25. The summed E-state index contributed by atoms with van der Waals surface area (Å²) in [6.45, 7) is 3.17. The second-order valence-corrected chi connectivity index (χ2v) is 9.57. The lowest BCUT2D eigenvalue weighted by Crippen LogP contribution is -2.41. The van der Waals surface area contributed by atoms with Crippen molar-refractivity contribution in [1.82, 2.24) is 5.32 Å². The van der Waals surface area contributed by atoms with E-state index in [0.717, 1.165) is 9.87 Å². The highest BCUT2D eigenvalue weighted by atomic mass is 32.2. The van der Waals surface area contributed by atoms with Gasteiger partial charge in [0.15, 0.2) is 11.5 Å². The van der Waals surface area contributed by atoms with Crippen molar-refractivity contribution in [3.63, 3.8) is 0 Å². The first kappa shape index (κ1) is 25.0. The number of methoxy groups -OCH3 is 2. The fourth-order valence-corrected chi connectivity index (χ4v) is 4.82. The van der Waals surface area contributed by atoms with E-state index < -0.39 is 28.5 Å². The van der Waals surface area contributed by atoms with Crippen molar-refractivity contribution < 1.29 is 27.1 Å². The third-order valence-corrected chi connectivity index (χ3v) is 7.07. The molecule has 0 saturated heterocycles. The number of sulfonamides is 1. The first-order valence-corrected chi connectivity index (χ1v) is 12.0.